The summed E-state index contributed by atoms with van der Waals surface area (Å²) in [5, 5.41) is 0. The van der Waals surface area contributed by atoms with Crippen LogP contribution in [0.2, 0.25) is 0 Å². The van der Waals surface area contributed by atoms with E-state index in [1.807, 2.05) is 0 Å². The average molecular weight is 436 g/mol. The number of benzene rings is 2. The SMILES string of the molecule is COc1cccc(NS(=O)(=O)c2c(N)cc(Br)cc2Br)c1. The van der Waals surface area contributed by atoms with Gasteiger partial charge >= 0.3 is 0 Å². The van der Waals surface area contributed by atoms with E-state index in [1.54, 1.807) is 30.3 Å². The fourth-order valence-electron chi connectivity index (χ4n) is 1.76. The lowest BCUT2D eigenvalue weighted by Gasteiger charge is -2.13. The first-order valence-corrected chi connectivity index (χ1v) is 8.82. The summed E-state index contributed by atoms with van der Waals surface area (Å²) in [5.74, 6) is 0.554. The van der Waals surface area contributed by atoms with Crippen LogP contribution >= 0.6 is 31.9 Å². The van der Waals surface area contributed by atoms with Gasteiger partial charge in [0.15, 0.2) is 0 Å². The Labute approximate surface area is 139 Å². The average Bonchev–Trinajstić information content (AvgIpc) is 2.36. The smallest absolute Gasteiger partial charge is 0.265 e. The number of nitrogen functional groups attached to an aromatic ring is 1. The minimum atomic E-state index is -3.81. The van der Waals surface area contributed by atoms with Crippen molar-refractivity contribution < 1.29 is 13.2 Å². The van der Waals surface area contributed by atoms with Crippen LogP contribution in [0.4, 0.5) is 11.4 Å². The third-order valence-electron chi connectivity index (χ3n) is 2.63. The van der Waals surface area contributed by atoms with Gasteiger partial charge in [0.2, 0.25) is 0 Å². The van der Waals surface area contributed by atoms with E-state index >= 15 is 0 Å². The van der Waals surface area contributed by atoms with Gasteiger partial charge in [-0.1, -0.05) is 22.0 Å². The number of sulfonamides is 1. The van der Waals surface area contributed by atoms with Crippen LogP contribution in [0.25, 0.3) is 0 Å². The van der Waals surface area contributed by atoms with Gasteiger partial charge in [0, 0.05) is 15.0 Å². The molecule has 0 fully saturated rings. The number of methoxy groups -OCH3 is 1. The molecule has 0 aliphatic carbocycles. The van der Waals surface area contributed by atoms with Gasteiger partial charge in [-0.25, -0.2) is 8.42 Å². The van der Waals surface area contributed by atoms with E-state index in [2.05, 4.69) is 36.6 Å². The summed E-state index contributed by atoms with van der Waals surface area (Å²) in [4.78, 5) is -0.00600. The first-order valence-electron chi connectivity index (χ1n) is 5.75. The Bertz CT molecular complexity index is 756. The van der Waals surface area contributed by atoms with Gasteiger partial charge in [-0.05, 0) is 40.2 Å². The van der Waals surface area contributed by atoms with Crippen molar-refractivity contribution >= 4 is 53.3 Å². The Morgan fingerprint density at radius 1 is 1.19 bits per heavy atom. The lowest BCUT2D eigenvalue weighted by atomic mass is 10.3. The standard InChI is InChI=1S/C13H12Br2N2O3S/c1-20-10-4-2-3-9(7-10)17-21(18,19)13-11(15)5-8(14)6-12(13)16/h2-7,17H,16H2,1H3. The minimum Gasteiger partial charge on any atom is -0.497 e. The Kier molecular flexibility index (Phi) is 4.80. The number of hydrogen-bond donors (Lipinski definition) is 2. The van der Waals surface area contributed by atoms with Crippen molar-refractivity contribution in [3.05, 3.63) is 45.3 Å². The lowest BCUT2D eigenvalue weighted by Crippen LogP contribution is -2.15. The number of anilines is 2. The van der Waals surface area contributed by atoms with Crippen molar-refractivity contribution in [2.45, 2.75) is 4.90 Å². The Balaban J connectivity index is 2.43. The molecule has 0 amide bonds. The summed E-state index contributed by atoms with van der Waals surface area (Å²) in [6.45, 7) is 0. The maximum absolute atomic E-state index is 12.5. The predicted molar refractivity (Wildman–Crippen MR) is 90.1 cm³/mol. The number of ether oxygens (including phenoxy) is 1. The molecule has 3 N–H and O–H groups in total. The largest absolute Gasteiger partial charge is 0.497 e. The van der Waals surface area contributed by atoms with Crippen molar-refractivity contribution in [1.29, 1.82) is 0 Å². The Morgan fingerprint density at radius 3 is 2.52 bits per heavy atom. The normalized spacial score (nSPS) is 11.2. The van der Waals surface area contributed by atoms with E-state index in [4.69, 9.17) is 10.5 Å². The van der Waals surface area contributed by atoms with Gasteiger partial charge in [0.25, 0.3) is 10.0 Å². The number of halogens is 2. The minimum absolute atomic E-state index is 0.00600. The highest BCUT2D eigenvalue weighted by Gasteiger charge is 2.22. The molecule has 0 aromatic heterocycles. The lowest BCUT2D eigenvalue weighted by molar-refractivity contribution is 0.415. The number of nitrogens with two attached hydrogens (primary N) is 1. The number of nitrogens with one attached hydrogen (secondary N) is 1. The van der Waals surface area contributed by atoms with Crippen molar-refractivity contribution in [3.8, 4) is 5.75 Å². The van der Waals surface area contributed by atoms with Gasteiger partial charge in [-0.2, -0.15) is 0 Å². The summed E-state index contributed by atoms with van der Waals surface area (Å²) in [6, 6.07) is 9.78. The van der Waals surface area contributed by atoms with Crippen molar-refractivity contribution in [3.63, 3.8) is 0 Å². The Hall–Kier alpha value is -1.25. The van der Waals surface area contributed by atoms with E-state index in [-0.39, 0.29) is 10.6 Å². The maximum Gasteiger partial charge on any atom is 0.265 e. The van der Waals surface area contributed by atoms with Gasteiger partial charge in [-0.3, -0.25) is 4.72 Å². The van der Waals surface area contributed by atoms with Crippen LogP contribution in [0.1, 0.15) is 0 Å². The quantitative estimate of drug-likeness (QED) is 0.718. The molecule has 0 aliphatic heterocycles. The summed E-state index contributed by atoms with van der Waals surface area (Å²) in [7, 11) is -2.30. The molecule has 5 nitrogen and oxygen atoms in total. The van der Waals surface area contributed by atoms with Crippen LogP contribution in [0.5, 0.6) is 5.75 Å². The molecule has 0 atom stereocenters. The fraction of sp³-hybridized carbons (Fsp3) is 0.0769. The molecule has 0 unspecified atom stereocenters. The molecule has 0 saturated carbocycles. The third-order valence-corrected chi connectivity index (χ3v) is 5.47. The van der Waals surface area contributed by atoms with Crippen molar-refractivity contribution in [2.75, 3.05) is 17.6 Å². The second kappa shape index (κ2) is 6.25. The van der Waals surface area contributed by atoms with Crippen LogP contribution in [0.3, 0.4) is 0 Å². The molecule has 0 spiro atoms. The summed E-state index contributed by atoms with van der Waals surface area (Å²) < 4.78 is 33.6. The monoisotopic (exact) mass is 434 g/mol. The van der Waals surface area contributed by atoms with E-state index in [1.165, 1.54) is 13.2 Å². The topological polar surface area (TPSA) is 81.4 Å². The second-order valence-corrected chi connectivity index (χ2v) is 7.53. The number of hydrogen-bond acceptors (Lipinski definition) is 4. The van der Waals surface area contributed by atoms with Crippen LogP contribution in [0, 0.1) is 0 Å². The molecular weight excluding hydrogens is 424 g/mol. The molecule has 0 heterocycles. The van der Waals surface area contributed by atoms with Crippen LogP contribution in [-0.2, 0) is 10.0 Å². The van der Waals surface area contributed by atoms with Crippen molar-refractivity contribution in [1.82, 2.24) is 0 Å². The molecule has 2 aromatic rings. The molecule has 0 bridgehead atoms. The van der Waals surface area contributed by atoms with Gasteiger partial charge in [-0.15, -0.1) is 0 Å². The zero-order chi connectivity index (χ0) is 15.6. The summed E-state index contributed by atoms with van der Waals surface area (Å²) in [6.07, 6.45) is 0. The fourth-order valence-corrected chi connectivity index (χ4v) is 4.88. The molecule has 21 heavy (non-hydrogen) atoms. The highest BCUT2D eigenvalue weighted by atomic mass is 79.9. The van der Waals surface area contributed by atoms with E-state index < -0.39 is 10.0 Å². The summed E-state index contributed by atoms with van der Waals surface area (Å²) >= 11 is 6.48. The zero-order valence-electron chi connectivity index (χ0n) is 10.9. The van der Waals surface area contributed by atoms with Gasteiger partial charge in [0.1, 0.15) is 10.6 Å². The molecular formula is C13H12Br2N2O3S. The van der Waals surface area contributed by atoms with E-state index in [0.29, 0.717) is 20.4 Å². The zero-order valence-corrected chi connectivity index (χ0v) is 14.9. The van der Waals surface area contributed by atoms with Crippen LogP contribution in [0.15, 0.2) is 50.2 Å². The van der Waals surface area contributed by atoms with E-state index in [9.17, 15) is 8.42 Å². The molecule has 8 heteroatoms. The molecule has 0 aliphatic rings. The van der Waals surface area contributed by atoms with Gasteiger partial charge in [0.05, 0.1) is 18.5 Å². The molecule has 0 radical (unpaired) electrons. The van der Waals surface area contributed by atoms with Crippen molar-refractivity contribution in [2.24, 2.45) is 0 Å². The molecule has 0 saturated heterocycles. The van der Waals surface area contributed by atoms with Crippen LogP contribution < -0.4 is 15.2 Å². The highest BCUT2D eigenvalue weighted by molar-refractivity contribution is 9.11. The number of rotatable bonds is 4. The highest BCUT2D eigenvalue weighted by Crippen LogP contribution is 2.33. The van der Waals surface area contributed by atoms with Gasteiger partial charge < -0.3 is 10.5 Å². The molecule has 112 valence electrons. The summed E-state index contributed by atoms with van der Waals surface area (Å²) in [5.41, 5.74) is 6.35. The Morgan fingerprint density at radius 2 is 1.90 bits per heavy atom. The molecule has 2 aromatic carbocycles. The third kappa shape index (κ3) is 3.69. The molecule has 2 rings (SSSR count). The predicted octanol–water partition coefficient (Wildman–Crippen LogP) is 3.60. The maximum atomic E-state index is 12.5. The first kappa shape index (κ1) is 16.1. The first-order chi connectivity index (χ1) is 9.83. The van der Waals surface area contributed by atoms with E-state index in [0.717, 1.165) is 0 Å². The van der Waals surface area contributed by atoms with Crippen LogP contribution in [-0.4, -0.2) is 15.5 Å². The second-order valence-electron chi connectivity index (χ2n) is 4.14.